The Hall–Kier alpha value is -6.79. The zero-order chi connectivity index (χ0) is 36.1. The highest BCUT2D eigenvalue weighted by Gasteiger charge is 2.38. The Labute approximate surface area is 309 Å². The number of anilines is 5. The average molecular weight is 688 g/mol. The number of pyridine rings is 3. The van der Waals surface area contributed by atoms with Crippen LogP contribution in [0.5, 0.6) is 5.75 Å². The molecule has 6 nitrogen and oxygen atoms in total. The van der Waals surface area contributed by atoms with Crippen molar-refractivity contribution in [2.24, 2.45) is 0 Å². The number of phenols is 1. The van der Waals surface area contributed by atoms with Gasteiger partial charge in [-0.1, -0.05) is 117 Å². The lowest BCUT2D eigenvalue weighted by Crippen LogP contribution is -2.16. The zero-order valence-electron chi connectivity index (χ0n) is 29.8. The standard InChI is InChI=1S/C47H37N5O/c1-47(2)38-20-12-22-42(53)44(38)45-39(47)23-24-40(50-45)33-16-11-17-35(29-33)52(41-21-10-9-18-36(41)31-13-5-4-6-14-31)43-30-34(26-28-48-43)51(3)46-37-19-8-7-15-32(37)25-27-49-46/h4-30,53H,1-3H3. The number of hydrogen-bond acceptors (Lipinski definition) is 6. The van der Waals surface area contributed by atoms with Gasteiger partial charge in [-0.25, -0.2) is 15.0 Å². The van der Waals surface area contributed by atoms with Crippen LogP contribution in [0.15, 0.2) is 164 Å². The Bertz CT molecular complexity index is 2650. The molecule has 0 saturated carbocycles. The molecule has 0 spiro atoms. The molecule has 0 unspecified atom stereocenters. The van der Waals surface area contributed by atoms with Crippen LogP contribution in [0.25, 0.3) is 44.4 Å². The summed E-state index contributed by atoms with van der Waals surface area (Å²) in [7, 11) is 2.05. The summed E-state index contributed by atoms with van der Waals surface area (Å²) in [6.45, 7) is 4.38. The number of aromatic nitrogens is 3. The first-order chi connectivity index (χ1) is 25.9. The molecule has 3 heterocycles. The predicted octanol–water partition coefficient (Wildman–Crippen LogP) is 11.6. The number of hydrogen-bond donors (Lipinski definition) is 1. The molecule has 0 aliphatic heterocycles. The summed E-state index contributed by atoms with van der Waals surface area (Å²) in [5.41, 5.74) is 10.5. The molecule has 0 atom stereocenters. The zero-order valence-corrected chi connectivity index (χ0v) is 29.8. The van der Waals surface area contributed by atoms with Gasteiger partial charge in [-0.15, -0.1) is 0 Å². The van der Waals surface area contributed by atoms with Crippen molar-refractivity contribution in [2.45, 2.75) is 19.3 Å². The van der Waals surface area contributed by atoms with Crippen molar-refractivity contribution in [1.29, 1.82) is 0 Å². The minimum atomic E-state index is -0.264. The third-order valence-electron chi connectivity index (χ3n) is 10.5. The van der Waals surface area contributed by atoms with Gasteiger partial charge in [0.2, 0.25) is 0 Å². The van der Waals surface area contributed by atoms with E-state index in [0.717, 1.165) is 84.2 Å². The number of para-hydroxylation sites is 1. The molecule has 3 aromatic heterocycles. The predicted molar refractivity (Wildman–Crippen MR) is 217 cm³/mol. The van der Waals surface area contributed by atoms with Crippen LogP contribution < -0.4 is 9.80 Å². The fraction of sp³-hybridized carbons (Fsp3) is 0.0851. The number of rotatable bonds is 7. The Balaban J connectivity index is 1.20. The van der Waals surface area contributed by atoms with Crippen molar-refractivity contribution in [2.75, 3.05) is 16.8 Å². The second kappa shape index (κ2) is 12.8. The first kappa shape index (κ1) is 32.1. The van der Waals surface area contributed by atoms with Crippen LogP contribution >= 0.6 is 0 Å². The van der Waals surface area contributed by atoms with Gasteiger partial charge >= 0.3 is 0 Å². The van der Waals surface area contributed by atoms with E-state index >= 15 is 0 Å². The molecule has 0 saturated heterocycles. The van der Waals surface area contributed by atoms with E-state index in [9.17, 15) is 5.11 Å². The highest BCUT2D eigenvalue weighted by Crippen LogP contribution is 2.51. The van der Waals surface area contributed by atoms with Gasteiger partial charge in [0.1, 0.15) is 17.4 Å². The maximum absolute atomic E-state index is 11.0. The van der Waals surface area contributed by atoms with Gasteiger partial charge in [-0.2, -0.15) is 0 Å². The second-order valence-electron chi connectivity index (χ2n) is 14.0. The molecular formula is C47H37N5O. The van der Waals surface area contributed by atoms with Gasteiger partial charge in [0.15, 0.2) is 0 Å². The van der Waals surface area contributed by atoms with Crippen LogP contribution in [0, 0.1) is 0 Å². The van der Waals surface area contributed by atoms with Crippen molar-refractivity contribution in [3.63, 3.8) is 0 Å². The van der Waals surface area contributed by atoms with Crippen LogP contribution in [0.3, 0.4) is 0 Å². The van der Waals surface area contributed by atoms with Gasteiger partial charge in [0.05, 0.1) is 17.1 Å². The van der Waals surface area contributed by atoms with Crippen LogP contribution in [-0.4, -0.2) is 27.1 Å². The van der Waals surface area contributed by atoms with Gasteiger partial charge < -0.3 is 10.0 Å². The lowest BCUT2D eigenvalue weighted by molar-refractivity contribution is 0.476. The maximum atomic E-state index is 11.0. The van der Waals surface area contributed by atoms with E-state index in [1.54, 1.807) is 6.07 Å². The largest absolute Gasteiger partial charge is 0.507 e. The van der Waals surface area contributed by atoms with E-state index in [-0.39, 0.29) is 11.2 Å². The average Bonchev–Trinajstić information content (AvgIpc) is 3.44. The molecular weight excluding hydrogens is 651 g/mol. The van der Waals surface area contributed by atoms with E-state index in [1.165, 1.54) is 0 Å². The Kier molecular flexibility index (Phi) is 7.74. The number of aromatic hydroxyl groups is 1. The molecule has 1 aliphatic rings. The molecule has 0 amide bonds. The molecule has 0 radical (unpaired) electrons. The topological polar surface area (TPSA) is 65.4 Å². The molecule has 5 aromatic carbocycles. The fourth-order valence-electron chi connectivity index (χ4n) is 7.73. The van der Waals surface area contributed by atoms with E-state index < -0.39 is 0 Å². The van der Waals surface area contributed by atoms with Gasteiger partial charge in [-0.3, -0.25) is 4.90 Å². The summed E-state index contributed by atoms with van der Waals surface area (Å²) in [5, 5.41) is 13.2. The summed E-state index contributed by atoms with van der Waals surface area (Å²) in [4.78, 5) is 19.4. The molecule has 0 bridgehead atoms. The summed E-state index contributed by atoms with van der Waals surface area (Å²) in [5.74, 6) is 1.89. The summed E-state index contributed by atoms with van der Waals surface area (Å²) in [6.07, 6.45) is 3.72. The van der Waals surface area contributed by atoms with Crippen LogP contribution in [-0.2, 0) is 5.41 Å². The summed E-state index contributed by atoms with van der Waals surface area (Å²) in [6, 6.07) is 51.9. The molecule has 0 fully saturated rings. The van der Waals surface area contributed by atoms with Crippen LogP contribution in [0.1, 0.15) is 25.0 Å². The summed E-state index contributed by atoms with van der Waals surface area (Å²) >= 11 is 0. The lowest BCUT2D eigenvalue weighted by Gasteiger charge is -2.28. The normalized spacial score (nSPS) is 12.7. The molecule has 53 heavy (non-hydrogen) atoms. The second-order valence-corrected chi connectivity index (χ2v) is 14.0. The third kappa shape index (κ3) is 5.47. The lowest BCUT2D eigenvalue weighted by atomic mass is 9.83. The van der Waals surface area contributed by atoms with E-state index in [1.807, 2.05) is 49.8 Å². The Morgan fingerprint density at radius 2 is 1.36 bits per heavy atom. The number of phenolic OH excluding ortho intramolecular Hbond substituents is 1. The minimum Gasteiger partial charge on any atom is -0.507 e. The van der Waals surface area contributed by atoms with Gasteiger partial charge in [0.25, 0.3) is 0 Å². The van der Waals surface area contributed by atoms with Crippen molar-refractivity contribution in [1.82, 2.24) is 15.0 Å². The Morgan fingerprint density at radius 1 is 0.604 bits per heavy atom. The third-order valence-corrected chi connectivity index (χ3v) is 10.5. The first-order valence-electron chi connectivity index (χ1n) is 17.8. The first-order valence-corrected chi connectivity index (χ1v) is 17.8. The van der Waals surface area contributed by atoms with Crippen molar-refractivity contribution in [3.8, 4) is 39.4 Å². The number of benzene rings is 5. The fourth-order valence-corrected chi connectivity index (χ4v) is 7.73. The van der Waals surface area contributed by atoms with Crippen molar-refractivity contribution >= 4 is 39.5 Å². The summed E-state index contributed by atoms with van der Waals surface area (Å²) < 4.78 is 0. The highest BCUT2D eigenvalue weighted by molar-refractivity contribution is 5.94. The molecule has 9 rings (SSSR count). The molecule has 8 aromatic rings. The van der Waals surface area contributed by atoms with Crippen molar-refractivity contribution < 1.29 is 5.11 Å². The van der Waals surface area contributed by atoms with Gasteiger partial charge in [0, 0.05) is 64.4 Å². The Morgan fingerprint density at radius 3 is 2.25 bits per heavy atom. The minimum absolute atomic E-state index is 0.256. The van der Waals surface area contributed by atoms with Gasteiger partial charge in [-0.05, 0) is 64.5 Å². The molecule has 256 valence electrons. The monoisotopic (exact) mass is 687 g/mol. The van der Waals surface area contributed by atoms with Crippen LogP contribution in [0.2, 0.25) is 0 Å². The smallest absolute Gasteiger partial charge is 0.140 e. The quantitative estimate of drug-likeness (QED) is 0.180. The molecule has 1 aliphatic carbocycles. The van der Waals surface area contributed by atoms with E-state index in [2.05, 4.69) is 139 Å². The highest BCUT2D eigenvalue weighted by atomic mass is 16.3. The molecule has 6 heteroatoms. The van der Waals surface area contributed by atoms with Crippen molar-refractivity contribution in [3.05, 3.63) is 175 Å². The number of fused-ring (bicyclic) bond motifs is 4. The molecule has 1 N–H and O–H groups in total. The van der Waals surface area contributed by atoms with Crippen LogP contribution in [0.4, 0.5) is 28.7 Å². The van der Waals surface area contributed by atoms with E-state index in [0.29, 0.717) is 0 Å². The maximum Gasteiger partial charge on any atom is 0.140 e. The van der Waals surface area contributed by atoms with E-state index in [4.69, 9.17) is 15.0 Å². The number of nitrogens with zero attached hydrogens (tertiary/aromatic N) is 5. The SMILES string of the molecule is CN(c1ccnc(N(c2cccc(-c3ccc4c(n3)-c3c(O)cccc3C4(C)C)c2)c2ccccc2-c2ccccc2)c1)c1nccc2ccccc12.